The third kappa shape index (κ3) is 2.33. The Balaban J connectivity index is 2.01. The average Bonchev–Trinajstić information content (AvgIpc) is 3.06. The maximum absolute atomic E-state index is 9.18. The summed E-state index contributed by atoms with van der Waals surface area (Å²) in [5.74, 6) is 1.61. The highest BCUT2D eigenvalue weighted by Gasteiger charge is 2.41. The van der Waals surface area contributed by atoms with Crippen molar-refractivity contribution >= 4 is 17.6 Å². The molecule has 88 valence electrons. The van der Waals surface area contributed by atoms with Crippen molar-refractivity contribution in [1.29, 1.82) is 0 Å². The normalized spacial score (nSPS) is 16.9. The predicted octanol–water partition coefficient (Wildman–Crippen LogP) is 0.285. The minimum absolute atomic E-state index is 0.0551. The van der Waals surface area contributed by atoms with Crippen LogP contribution < -0.4 is 16.4 Å². The first-order valence-corrected chi connectivity index (χ1v) is 5.34. The molecule has 0 aliphatic heterocycles. The third-order valence-electron chi connectivity index (χ3n) is 2.94. The molecule has 6 nitrogen and oxygen atoms in total. The van der Waals surface area contributed by atoms with Gasteiger partial charge >= 0.3 is 0 Å². The SMILES string of the molecule is CNc1cc(NCC2(CO)CC2)nc(N)n1. The molecule has 2 rings (SSSR count). The topological polar surface area (TPSA) is 96.1 Å². The van der Waals surface area contributed by atoms with Gasteiger partial charge in [0.25, 0.3) is 0 Å². The average molecular weight is 223 g/mol. The van der Waals surface area contributed by atoms with Crippen molar-refractivity contribution in [3.05, 3.63) is 6.07 Å². The van der Waals surface area contributed by atoms with Gasteiger partial charge in [-0.2, -0.15) is 9.97 Å². The first kappa shape index (κ1) is 10.9. The second kappa shape index (κ2) is 4.13. The van der Waals surface area contributed by atoms with Crippen LogP contribution in [0.5, 0.6) is 0 Å². The first-order chi connectivity index (χ1) is 7.67. The monoisotopic (exact) mass is 223 g/mol. The van der Waals surface area contributed by atoms with Crippen LogP contribution in [0.25, 0.3) is 0 Å². The van der Waals surface area contributed by atoms with Crippen LogP contribution in [0.1, 0.15) is 12.8 Å². The molecule has 0 unspecified atom stereocenters. The Morgan fingerprint density at radius 1 is 1.44 bits per heavy atom. The van der Waals surface area contributed by atoms with E-state index in [1.807, 2.05) is 0 Å². The van der Waals surface area contributed by atoms with E-state index in [1.165, 1.54) is 0 Å². The molecule has 0 spiro atoms. The van der Waals surface area contributed by atoms with Gasteiger partial charge in [-0.1, -0.05) is 0 Å². The zero-order valence-corrected chi connectivity index (χ0v) is 9.32. The van der Waals surface area contributed by atoms with Crippen molar-refractivity contribution in [2.75, 3.05) is 36.6 Å². The summed E-state index contributed by atoms with van der Waals surface area (Å²) in [6, 6.07) is 1.80. The molecule has 1 aliphatic rings. The molecule has 16 heavy (non-hydrogen) atoms. The number of nitrogens with zero attached hydrogens (tertiary/aromatic N) is 2. The lowest BCUT2D eigenvalue weighted by atomic mass is 10.1. The Hall–Kier alpha value is -1.56. The quantitative estimate of drug-likeness (QED) is 0.573. The van der Waals surface area contributed by atoms with Crippen molar-refractivity contribution < 1.29 is 5.11 Å². The summed E-state index contributed by atoms with van der Waals surface area (Å²) in [4.78, 5) is 8.08. The minimum Gasteiger partial charge on any atom is -0.396 e. The van der Waals surface area contributed by atoms with Crippen molar-refractivity contribution in [2.24, 2.45) is 5.41 Å². The van der Waals surface area contributed by atoms with Crippen LogP contribution in [0.3, 0.4) is 0 Å². The number of nitrogens with two attached hydrogens (primary N) is 1. The van der Waals surface area contributed by atoms with E-state index in [0.717, 1.165) is 19.4 Å². The Labute approximate surface area is 94.3 Å². The number of anilines is 3. The van der Waals surface area contributed by atoms with Gasteiger partial charge in [0.15, 0.2) is 0 Å². The molecule has 0 bridgehead atoms. The van der Waals surface area contributed by atoms with Crippen LogP contribution in [-0.4, -0.2) is 35.3 Å². The largest absolute Gasteiger partial charge is 0.396 e. The highest BCUT2D eigenvalue weighted by Crippen LogP contribution is 2.44. The number of rotatable bonds is 5. The Morgan fingerprint density at radius 2 is 2.12 bits per heavy atom. The van der Waals surface area contributed by atoms with Gasteiger partial charge in [0.1, 0.15) is 11.6 Å². The maximum atomic E-state index is 9.18. The second-order valence-electron chi connectivity index (χ2n) is 4.26. The summed E-state index contributed by atoms with van der Waals surface area (Å²) < 4.78 is 0. The fourth-order valence-electron chi connectivity index (χ4n) is 1.53. The lowest BCUT2D eigenvalue weighted by molar-refractivity contribution is 0.219. The van der Waals surface area contributed by atoms with Crippen LogP contribution in [0.4, 0.5) is 17.6 Å². The fourth-order valence-corrected chi connectivity index (χ4v) is 1.53. The van der Waals surface area contributed by atoms with Crippen LogP contribution >= 0.6 is 0 Å². The zero-order chi connectivity index (χ0) is 11.6. The molecular formula is C10H17N5O. The first-order valence-electron chi connectivity index (χ1n) is 5.34. The van der Waals surface area contributed by atoms with Gasteiger partial charge in [-0.25, -0.2) is 0 Å². The van der Waals surface area contributed by atoms with Gasteiger partial charge < -0.3 is 21.5 Å². The minimum atomic E-state index is 0.0551. The smallest absolute Gasteiger partial charge is 0.223 e. The number of aromatic nitrogens is 2. The van der Waals surface area contributed by atoms with Gasteiger partial charge in [-0.15, -0.1) is 0 Å². The summed E-state index contributed by atoms with van der Waals surface area (Å²) in [7, 11) is 1.78. The molecule has 6 heteroatoms. The van der Waals surface area contributed by atoms with Gasteiger partial charge in [0.05, 0.1) is 6.61 Å². The third-order valence-corrected chi connectivity index (χ3v) is 2.94. The van der Waals surface area contributed by atoms with Crippen molar-refractivity contribution in [1.82, 2.24) is 9.97 Å². The Bertz CT molecular complexity index is 377. The van der Waals surface area contributed by atoms with Crippen molar-refractivity contribution in [3.63, 3.8) is 0 Å². The summed E-state index contributed by atoms with van der Waals surface area (Å²) in [5.41, 5.74) is 5.63. The van der Waals surface area contributed by atoms with Gasteiger partial charge in [-0.05, 0) is 12.8 Å². The van der Waals surface area contributed by atoms with Gasteiger partial charge in [0.2, 0.25) is 5.95 Å². The van der Waals surface area contributed by atoms with Gasteiger partial charge in [-0.3, -0.25) is 0 Å². The standard InChI is InChI=1S/C10H17N5O/c1-12-7-4-8(15-9(11)14-7)13-5-10(6-16)2-3-10/h4,16H,2-3,5-6H2,1H3,(H4,11,12,13,14,15). The Morgan fingerprint density at radius 3 is 2.69 bits per heavy atom. The molecule has 1 aliphatic carbocycles. The molecule has 1 saturated carbocycles. The van der Waals surface area contributed by atoms with E-state index in [0.29, 0.717) is 11.6 Å². The molecule has 0 atom stereocenters. The summed E-state index contributed by atoms with van der Waals surface area (Å²) in [5, 5.41) is 15.3. The van der Waals surface area contributed by atoms with Gasteiger partial charge in [0, 0.05) is 25.1 Å². The summed E-state index contributed by atoms with van der Waals surface area (Å²) in [6.45, 7) is 0.947. The molecule has 0 amide bonds. The summed E-state index contributed by atoms with van der Waals surface area (Å²) >= 11 is 0. The molecule has 0 saturated heterocycles. The van der Waals surface area contributed by atoms with Crippen LogP contribution in [0.15, 0.2) is 6.07 Å². The van der Waals surface area contributed by atoms with E-state index in [-0.39, 0.29) is 18.0 Å². The number of aliphatic hydroxyl groups is 1. The number of aliphatic hydroxyl groups excluding tert-OH is 1. The van der Waals surface area contributed by atoms with E-state index in [2.05, 4.69) is 20.6 Å². The molecule has 0 aromatic carbocycles. The zero-order valence-electron chi connectivity index (χ0n) is 9.32. The van der Waals surface area contributed by atoms with E-state index in [4.69, 9.17) is 5.73 Å². The highest BCUT2D eigenvalue weighted by molar-refractivity contribution is 5.50. The van der Waals surface area contributed by atoms with E-state index in [9.17, 15) is 5.11 Å². The molecule has 0 radical (unpaired) electrons. The molecule has 5 N–H and O–H groups in total. The molecule has 1 aromatic heterocycles. The lowest BCUT2D eigenvalue weighted by Crippen LogP contribution is -2.20. The maximum Gasteiger partial charge on any atom is 0.223 e. The lowest BCUT2D eigenvalue weighted by Gasteiger charge is -2.13. The second-order valence-corrected chi connectivity index (χ2v) is 4.26. The number of nitrogen functional groups attached to an aromatic ring is 1. The molecule has 1 aromatic rings. The fraction of sp³-hybridized carbons (Fsp3) is 0.600. The van der Waals surface area contributed by atoms with E-state index >= 15 is 0 Å². The Kier molecular flexibility index (Phi) is 2.82. The molecular weight excluding hydrogens is 206 g/mol. The van der Waals surface area contributed by atoms with E-state index in [1.54, 1.807) is 13.1 Å². The molecule has 1 heterocycles. The van der Waals surface area contributed by atoms with Crippen LogP contribution in [0, 0.1) is 5.41 Å². The van der Waals surface area contributed by atoms with E-state index < -0.39 is 0 Å². The summed E-state index contributed by atoms with van der Waals surface area (Å²) in [6.07, 6.45) is 2.13. The number of nitrogens with one attached hydrogen (secondary N) is 2. The highest BCUT2D eigenvalue weighted by atomic mass is 16.3. The molecule has 1 fully saturated rings. The van der Waals surface area contributed by atoms with Crippen molar-refractivity contribution in [2.45, 2.75) is 12.8 Å². The van der Waals surface area contributed by atoms with Crippen molar-refractivity contribution in [3.8, 4) is 0 Å². The number of hydrogen-bond acceptors (Lipinski definition) is 6. The van der Waals surface area contributed by atoms with Crippen LogP contribution in [-0.2, 0) is 0 Å². The predicted molar refractivity (Wildman–Crippen MR) is 63.2 cm³/mol. The number of hydrogen-bond donors (Lipinski definition) is 4. The van der Waals surface area contributed by atoms with Crippen LogP contribution in [0.2, 0.25) is 0 Å².